The Bertz CT molecular complexity index is 330. The van der Waals surface area contributed by atoms with E-state index in [4.69, 9.17) is 11.0 Å². The molecule has 1 aromatic rings. The minimum atomic E-state index is 0.0996. The zero-order valence-corrected chi connectivity index (χ0v) is 8.07. The highest BCUT2D eigenvalue weighted by Crippen LogP contribution is 2.03. The van der Waals surface area contributed by atoms with Gasteiger partial charge in [-0.1, -0.05) is 6.92 Å². The second-order valence-electron chi connectivity index (χ2n) is 2.99. The summed E-state index contributed by atoms with van der Waals surface area (Å²) in [5.74, 6) is 0.591. The molecule has 74 valence electrons. The molecule has 3 N–H and O–H groups in total. The molecule has 0 saturated carbocycles. The van der Waals surface area contributed by atoms with Crippen molar-refractivity contribution in [3.05, 3.63) is 17.8 Å². The number of nitrogens with one attached hydrogen (secondary N) is 1. The van der Waals surface area contributed by atoms with E-state index in [0.717, 1.165) is 6.42 Å². The Balaban J connectivity index is 2.55. The van der Waals surface area contributed by atoms with Gasteiger partial charge in [-0.2, -0.15) is 10.4 Å². The first-order chi connectivity index (χ1) is 6.76. The number of hydrogen-bond acceptors (Lipinski definition) is 5. The van der Waals surface area contributed by atoms with Crippen LogP contribution in [0.15, 0.2) is 12.3 Å². The van der Waals surface area contributed by atoms with Gasteiger partial charge >= 0.3 is 0 Å². The van der Waals surface area contributed by atoms with E-state index in [2.05, 4.69) is 15.5 Å². The molecule has 0 fully saturated rings. The maximum Gasteiger partial charge on any atom is 0.150 e. The van der Waals surface area contributed by atoms with Crippen LogP contribution in [0, 0.1) is 11.3 Å². The third kappa shape index (κ3) is 2.99. The van der Waals surface area contributed by atoms with Crippen LogP contribution in [0.2, 0.25) is 0 Å². The molecule has 1 unspecified atom stereocenters. The van der Waals surface area contributed by atoms with Crippen LogP contribution in [0.3, 0.4) is 0 Å². The van der Waals surface area contributed by atoms with Crippen molar-refractivity contribution in [3.63, 3.8) is 0 Å². The number of anilines is 1. The zero-order chi connectivity index (χ0) is 10.4. The van der Waals surface area contributed by atoms with Gasteiger partial charge in [0.05, 0.1) is 11.8 Å². The van der Waals surface area contributed by atoms with Crippen molar-refractivity contribution in [1.82, 2.24) is 10.2 Å². The summed E-state index contributed by atoms with van der Waals surface area (Å²) in [7, 11) is 0. The van der Waals surface area contributed by atoms with Gasteiger partial charge in [-0.05, 0) is 6.42 Å². The highest BCUT2D eigenvalue weighted by molar-refractivity contribution is 5.40. The standard InChI is InChI=1S/C9H13N5/c1-2-8(11)6-12-9-3-7(4-10)5-13-14-9/h3,5,8H,2,6,11H2,1H3,(H,12,14). The van der Waals surface area contributed by atoms with Crippen LogP contribution in [-0.2, 0) is 0 Å². The summed E-state index contributed by atoms with van der Waals surface area (Å²) in [6, 6.07) is 3.74. The maximum absolute atomic E-state index is 8.62. The van der Waals surface area contributed by atoms with Crippen molar-refractivity contribution >= 4 is 5.82 Å². The minimum absolute atomic E-state index is 0.0996. The zero-order valence-electron chi connectivity index (χ0n) is 8.07. The Kier molecular flexibility index (Phi) is 3.83. The van der Waals surface area contributed by atoms with Crippen molar-refractivity contribution < 1.29 is 0 Å². The van der Waals surface area contributed by atoms with Gasteiger partial charge in [0.15, 0.2) is 0 Å². The number of nitrogens with two attached hydrogens (primary N) is 1. The molecular weight excluding hydrogens is 178 g/mol. The van der Waals surface area contributed by atoms with E-state index in [1.807, 2.05) is 13.0 Å². The molecule has 5 nitrogen and oxygen atoms in total. The molecule has 1 aromatic heterocycles. The monoisotopic (exact) mass is 191 g/mol. The van der Waals surface area contributed by atoms with Crippen LogP contribution in [0.5, 0.6) is 0 Å². The summed E-state index contributed by atoms with van der Waals surface area (Å²) >= 11 is 0. The number of hydrogen-bond donors (Lipinski definition) is 2. The number of rotatable bonds is 4. The molecule has 0 bridgehead atoms. The molecule has 1 rings (SSSR count). The Morgan fingerprint density at radius 1 is 1.71 bits per heavy atom. The molecule has 0 amide bonds. The molecule has 0 saturated heterocycles. The first kappa shape index (κ1) is 10.4. The first-order valence-electron chi connectivity index (χ1n) is 4.48. The highest BCUT2D eigenvalue weighted by Gasteiger charge is 2.00. The van der Waals surface area contributed by atoms with Gasteiger partial charge in [0.2, 0.25) is 0 Å². The highest BCUT2D eigenvalue weighted by atomic mass is 15.2. The lowest BCUT2D eigenvalue weighted by Gasteiger charge is -2.09. The minimum Gasteiger partial charge on any atom is -0.367 e. The van der Waals surface area contributed by atoms with Gasteiger partial charge in [0, 0.05) is 18.7 Å². The molecule has 0 aliphatic carbocycles. The molecule has 0 radical (unpaired) electrons. The van der Waals surface area contributed by atoms with E-state index in [-0.39, 0.29) is 6.04 Å². The second-order valence-corrected chi connectivity index (χ2v) is 2.99. The summed E-state index contributed by atoms with van der Waals surface area (Å²) in [5.41, 5.74) is 6.21. The summed E-state index contributed by atoms with van der Waals surface area (Å²) in [6.07, 6.45) is 2.32. The third-order valence-corrected chi connectivity index (χ3v) is 1.85. The van der Waals surface area contributed by atoms with Gasteiger partial charge in [-0.25, -0.2) is 0 Å². The van der Waals surface area contributed by atoms with Crippen LogP contribution < -0.4 is 11.1 Å². The first-order valence-corrected chi connectivity index (χ1v) is 4.48. The molecule has 14 heavy (non-hydrogen) atoms. The van der Waals surface area contributed by atoms with Crippen LogP contribution >= 0.6 is 0 Å². The van der Waals surface area contributed by atoms with E-state index in [1.165, 1.54) is 6.20 Å². The van der Waals surface area contributed by atoms with Crippen LogP contribution in [0.4, 0.5) is 5.82 Å². The lowest BCUT2D eigenvalue weighted by molar-refractivity contribution is 0.677. The number of nitriles is 1. The molecular formula is C9H13N5. The van der Waals surface area contributed by atoms with Crippen LogP contribution in [0.1, 0.15) is 18.9 Å². The SMILES string of the molecule is CCC(N)CNc1cc(C#N)cnn1. The van der Waals surface area contributed by atoms with E-state index in [9.17, 15) is 0 Å². The summed E-state index contributed by atoms with van der Waals surface area (Å²) < 4.78 is 0. The number of nitrogens with zero attached hydrogens (tertiary/aromatic N) is 3. The largest absolute Gasteiger partial charge is 0.367 e. The molecule has 0 aliphatic heterocycles. The quantitative estimate of drug-likeness (QED) is 0.723. The van der Waals surface area contributed by atoms with E-state index in [1.54, 1.807) is 6.07 Å². The van der Waals surface area contributed by atoms with E-state index < -0.39 is 0 Å². The predicted octanol–water partition coefficient (Wildman–Crippen LogP) is 0.497. The number of aromatic nitrogens is 2. The Morgan fingerprint density at radius 3 is 3.14 bits per heavy atom. The van der Waals surface area contributed by atoms with Crippen molar-refractivity contribution in [1.29, 1.82) is 5.26 Å². The summed E-state index contributed by atoms with van der Waals surface area (Å²) in [6.45, 7) is 2.66. The topological polar surface area (TPSA) is 87.6 Å². The molecule has 0 spiro atoms. The fourth-order valence-electron chi connectivity index (χ4n) is 0.894. The second kappa shape index (κ2) is 5.14. The van der Waals surface area contributed by atoms with Gasteiger partial charge in [-0.15, -0.1) is 5.10 Å². The third-order valence-electron chi connectivity index (χ3n) is 1.85. The average Bonchev–Trinajstić information content (AvgIpc) is 2.26. The Hall–Kier alpha value is -1.67. The smallest absolute Gasteiger partial charge is 0.150 e. The van der Waals surface area contributed by atoms with Crippen molar-refractivity contribution in [3.8, 4) is 6.07 Å². The van der Waals surface area contributed by atoms with Crippen molar-refractivity contribution in [2.45, 2.75) is 19.4 Å². The van der Waals surface area contributed by atoms with Gasteiger partial charge in [0.1, 0.15) is 11.9 Å². The lowest BCUT2D eigenvalue weighted by Crippen LogP contribution is -2.28. The predicted molar refractivity (Wildman–Crippen MR) is 53.5 cm³/mol. The summed E-state index contributed by atoms with van der Waals surface area (Å²) in [4.78, 5) is 0. The van der Waals surface area contributed by atoms with Crippen LogP contribution in [0.25, 0.3) is 0 Å². The van der Waals surface area contributed by atoms with Crippen LogP contribution in [-0.4, -0.2) is 22.8 Å². The molecule has 0 aromatic carbocycles. The fraction of sp³-hybridized carbons (Fsp3) is 0.444. The fourth-order valence-corrected chi connectivity index (χ4v) is 0.894. The van der Waals surface area contributed by atoms with Gasteiger partial charge < -0.3 is 11.1 Å². The average molecular weight is 191 g/mol. The normalized spacial score (nSPS) is 11.8. The molecule has 0 aliphatic rings. The molecule has 5 heteroatoms. The molecule has 1 heterocycles. The Morgan fingerprint density at radius 2 is 2.50 bits per heavy atom. The summed E-state index contributed by atoms with van der Waals surface area (Å²) in [5, 5.41) is 19.1. The van der Waals surface area contributed by atoms with Crippen molar-refractivity contribution in [2.24, 2.45) is 5.73 Å². The molecule has 1 atom stereocenters. The van der Waals surface area contributed by atoms with Gasteiger partial charge in [0.25, 0.3) is 0 Å². The van der Waals surface area contributed by atoms with E-state index >= 15 is 0 Å². The van der Waals surface area contributed by atoms with E-state index in [0.29, 0.717) is 17.9 Å². The van der Waals surface area contributed by atoms with Gasteiger partial charge in [-0.3, -0.25) is 0 Å². The van der Waals surface area contributed by atoms with Crippen molar-refractivity contribution in [2.75, 3.05) is 11.9 Å². The lowest BCUT2D eigenvalue weighted by atomic mass is 10.2. The Labute approximate surface area is 82.9 Å². The maximum atomic E-state index is 8.62.